The van der Waals surface area contributed by atoms with Crippen LogP contribution in [0, 0.1) is 5.92 Å². The lowest BCUT2D eigenvalue weighted by molar-refractivity contribution is -0.150. The topological polar surface area (TPSA) is 35.9 Å². The van der Waals surface area contributed by atoms with Gasteiger partial charge in [-0.15, -0.1) is 0 Å². The number of phenolic OH excluding ortho intramolecular Hbond substituents is 1. The van der Waals surface area contributed by atoms with E-state index < -0.39 is 18.8 Å². The molecule has 2 aliphatic heterocycles. The summed E-state index contributed by atoms with van der Waals surface area (Å²) in [6.45, 7) is 5.27. The molecule has 1 saturated heterocycles. The molecule has 2 aliphatic rings. The van der Waals surface area contributed by atoms with Crippen molar-refractivity contribution in [2.75, 3.05) is 39.3 Å². The number of likely N-dealkylation sites (tertiary alicyclic amines) is 1. The van der Waals surface area contributed by atoms with Gasteiger partial charge < -0.3 is 9.84 Å². The Hall–Kier alpha value is -2.25. The highest BCUT2D eigenvalue weighted by Crippen LogP contribution is 2.38. The molecule has 0 radical (unpaired) electrons. The fraction of sp³-hybridized carbons (Fsp3) is 0.500. The maximum Gasteiger partial charge on any atom is 0.401 e. The molecule has 1 atom stereocenters. The molecule has 4 nitrogen and oxygen atoms in total. The van der Waals surface area contributed by atoms with E-state index in [2.05, 4.69) is 11.8 Å². The summed E-state index contributed by atoms with van der Waals surface area (Å²) in [4.78, 5) is 3.83. The number of fused-ring (bicyclic) bond motifs is 1. The zero-order valence-electron chi connectivity index (χ0n) is 17.7. The van der Waals surface area contributed by atoms with E-state index >= 15 is 0 Å². The van der Waals surface area contributed by atoms with E-state index in [1.54, 1.807) is 18.2 Å². The predicted octanol–water partition coefficient (Wildman–Crippen LogP) is 4.62. The van der Waals surface area contributed by atoms with E-state index in [0.29, 0.717) is 13.0 Å². The van der Waals surface area contributed by atoms with Crippen LogP contribution < -0.4 is 4.74 Å². The lowest BCUT2D eigenvalue weighted by Crippen LogP contribution is -2.47. The minimum absolute atomic E-state index is 0.137. The molecular formula is C24H29F3N2O2. The first-order valence-electron chi connectivity index (χ1n) is 10.9. The Labute approximate surface area is 181 Å². The number of halogens is 3. The van der Waals surface area contributed by atoms with Crippen molar-refractivity contribution < 1.29 is 23.0 Å². The molecule has 2 heterocycles. The van der Waals surface area contributed by atoms with Crippen molar-refractivity contribution in [1.29, 1.82) is 0 Å². The highest BCUT2D eigenvalue weighted by molar-refractivity contribution is 5.44. The summed E-state index contributed by atoms with van der Waals surface area (Å²) < 4.78 is 45.5. The summed E-state index contributed by atoms with van der Waals surface area (Å²) in [5.41, 5.74) is 2.49. The molecule has 1 N–H and O–H groups in total. The molecule has 4 rings (SSSR count). The van der Waals surface area contributed by atoms with Gasteiger partial charge in [-0.25, -0.2) is 0 Å². The molecular weight excluding hydrogens is 405 g/mol. The maximum atomic E-state index is 13.2. The van der Waals surface area contributed by atoms with E-state index in [9.17, 15) is 18.3 Å². The van der Waals surface area contributed by atoms with Crippen molar-refractivity contribution in [1.82, 2.24) is 9.80 Å². The van der Waals surface area contributed by atoms with Crippen LogP contribution in [-0.2, 0) is 6.42 Å². The highest BCUT2D eigenvalue weighted by Gasteiger charge is 2.37. The van der Waals surface area contributed by atoms with Crippen molar-refractivity contribution >= 4 is 0 Å². The Bertz CT molecular complexity index is 879. The fourth-order valence-corrected chi connectivity index (χ4v) is 4.61. The van der Waals surface area contributed by atoms with E-state index in [0.717, 1.165) is 48.0 Å². The van der Waals surface area contributed by atoms with Gasteiger partial charge in [-0.1, -0.05) is 31.5 Å². The van der Waals surface area contributed by atoms with Gasteiger partial charge in [0.15, 0.2) is 0 Å². The summed E-state index contributed by atoms with van der Waals surface area (Å²) in [5, 5.41) is 9.79. The summed E-state index contributed by atoms with van der Waals surface area (Å²) in [7, 11) is 0. The molecule has 2 aromatic rings. The van der Waals surface area contributed by atoms with Gasteiger partial charge >= 0.3 is 6.18 Å². The van der Waals surface area contributed by atoms with Gasteiger partial charge in [0.1, 0.15) is 18.1 Å². The van der Waals surface area contributed by atoms with E-state index in [1.807, 2.05) is 24.3 Å². The number of hydrogen-bond acceptors (Lipinski definition) is 4. The van der Waals surface area contributed by atoms with Crippen LogP contribution in [0.2, 0.25) is 0 Å². The Kier molecular flexibility index (Phi) is 6.44. The molecule has 2 aromatic carbocycles. The number of ether oxygens (including phenoxy) is 1. The van der Waals surface area contributed by atoms with Gasteiger partial charge in [-0.05, 0) is 53.3 Å². The molecule has 0 bridgehead atoms. The SMILES string of the molecule is CCC1CN(CCOc2ccc([C@@H]3c4ccc(O)cc4CCN3CC(F)(F)F)cc2)C1. The molecule has 0 aliphatic carbocycles. The smallest absolute Gasteiger partial charge is 0.401 e. The fourth-order valence-electron chi connectivity index (χ4n) is 4.61. The number of alkyl halides is 3. The molecule has 0 unspecified atom stereocenters. The zero-order chi connectivity index (χ0) is 22.0. The lowest BCUT2D eigenvalue weighted by Gasteiger charge is -2.38. The van der Waals surface area contributed by atoms with Gasteiger partial charge in [0.05, 0.1) is 12.6 Å². The molecule has 0 saturated carbocycles. The van der Waals surface area contributed by atoms with Crippen LogP contribution in [0.1, 0.15) is 36.1 Å². The van der Waals surface area contributed by atoms with E-state index in [4.69, 9.17) is 4.74 Å². The second-order valence-corrected chi connectivity index (χ2v) is 8.57. The zero-order valence-corrected chi connectivity index (χ0v) is 17.7. The number of phenols is 1. The summed E-state index contributed by atoms with van der Waals surface area (Å²) >= 11 is 0. The summed E-state index contributed by atoms with van der Waals surface area (Å²) in [6.07, 6.45) is -2.58. The van der Waals surface area contributed by atoms with Crippen LogP contribution >= 0.6 is 0 Å². The number of rotatable bonds is 7. The van der Waals surface area contributed by atoms with Gasteiger partial charge in [0.2, 0.25) is 0 Å². The first-order chi connectivity index (χ1) is 14.8. The van der Waals surface area contributed by atoms with Crippen LogP contribution in [-0.4, -0.2) is 60.4 Å². The third-order valence-corrected chi connectivity index (χ3v) is 6.32. The number of benzene rings is 2. The second-order valence-electron chi connectivity index (χ2n) is 8.57. The number of hydrogen-bond donors (Lipinski definition) is 1. The first kappa shape index (κ1) is 22.0. The van der Waals surface area contributed by atoms with Gasteiger partial charge in [0, 0.05) is 26.2 Å². The quantitative estimate of drug-likeness (QED) is 0.690. The minimum atomic E-state index is -4.27. The Morgan fingerprint density at radius 3 is 2.52 bits per heavy atom. The van der Waals surface area contributed by atoms with Gasteiger partial charge in [-0.2, -0.15) is 13.2 Å². The normalized spacial score (nSPS) is 20.3. The van der Waals surface area contributed by atoms with Gasteiger partial charge in [-0.3, -0.25) is 9.80 Å². The predicted molar refractivity (Wildman–Crippen MR) is 113 cm³/mol. The molecule has 0 spiro atoms. The molecule has 31 heavy (non-hydrogen) atoms. The largest absolute Gasteiger partial charge is 0.508 e. The summed E-state index contributed by atoms with van der Waals surface area (Å²) in [5.74, 6) is 1.66. The third-order valence-electron chi connectivity index (χ3n) is 6.32. The molecule has 168 valence electrons. The van der Waals surface area contributed by atoms with E-state index in [1.165, 1.54) is 11.3 Å². The standard InChI is InChI=1S/C24H29F3N2O2/c1-2-17-14-28(15-17)11-12-31-21-6-3-18(4-7-21)23-22-8-5-20(30)13-19(22)9-10-29(23)16-24(25,26)27/h3-8,13,17,23,30H,2,9-12,14-16H2,1H3/t23-/m1/s1. The molecule has 0 aromatic heterocycles. The number of aromatic hydroxyl groups is 1. The van der Waals surface area contributed by atoms with Crippen molar-refractivity contribution in [2.24, 2.45) is 5.92 Å². The van der Waals surface area contributed by atoms with Crippen LogP contribution in [0.4, 0.5) is 13.2 Å². The Balaban J connectivity index is 1.46. The Morgan fingerprint density at radius 2 is 1.84 bits per heavy atom. The first-order valence-corrected chi connectivity index (χ1v) is 10.9. The molecule has 0 amide bonds. The van der Waals surface area contributed by atoms with E-state index in [-0.39, 0.29) is 12.3 Å². The second kappa shape index (κ2) is 9.09. The summed E-state index contributed by atoms with van der Waals surface area (Å²) in [6, 6.07) is 11.8. The van der Waals surface area contributed by atoms with Crippen molar-refractivity contribution in [3.8, 4) is 11.5 Å². The van der Waals surface area contributed by atoms with Crippen LogP contribution in [0.15, 0.2) is 42.5 Å². The van der Waals surface area contributed by atoms with Crippen LogP contribution in [0.3, 0.4) is 0 Å². The maximum absolute atomic E-state index is 13.2. The van der Waals surface area contributed by atoms with Crippen LogP contribution in [0.5, 0.6) is 11.5 Å². The minimum Gasteiger partial charge on any atom is -0.508 e. The molecule has 7 heteroatoms. The van der Waals surface area contributed by atoms with Crippen molar-refractivity contribution in [3.63, 3.8) is 0 Å². The monoisotopic (exact) mass is 434 g/mol. The Morgan fingerprint density at radius 1 is 1.10 bits per heavy atom. The van der Waals surface area contributed by atoms with Crippen LogP contribution in [0.25, 0.3) is 0 Å². The third kappa shape index (κ3) is 5.33. The molecule has 1 fully saturated rings. The highest BCUT2D eigenvalue weighted by atomic mass is 19.4. The van der Waals surface area contributed by atoms with Crippen molar-refractivity contribution in [3.05, 3.63) is 59.2 Å². The lowest BCUT2D eigenvalue weighted by atomic mass is 9.88. The van der Waals surface area contributed by atoms with Crippen molar-refractivity contribution in [2.45, 2.75) is 32.0 Å². The average Bonchev–Trinajstić information content (AvgIpc) is 2.69. The average molecular weight is 435 g/mol. The van der Waals surface area contributed by atoms with Gasteiger partial charge in [0.25, 0.3) is 0 Å². The number of nitrogens with zero attached hydrogens (tertiary/aromatic N) is 2.